The fourth-order valence-corrected chi connectivity index (χ4v) is 2.37. The van der Waals surface area contributed by atoms with Crippen molar-refractivity contribution in [1.29, 1.82) is 0 Å². The normalized spacial score (nSPS) is 13.8. The maximum Gasteiger partial charge on any atom is 0.211 e. The highest BCUT2D eigenvalue weighted by molar-refractivity contribution is 6.29. The molecule has 1 aliphatic rings. The van der Waals surface area contributed by atoms with Gasteiger partial charge in [-0.2, -0.15) is 0 Å². The first-order chi connectivity index (χ1) is 8.25. The van der Waals surface area contributed by atoms with Crippen LogP contribution in [-0.4, -0.2) is 10.8 Å². The third kappa shape index (κ3) is 1.75. The predicted molar refractivity (Wildman–Crippen MR) is 66.5 cm³/mol. The molecule has 2 aromatic rings. The summed E-state index contributed by atoms with van der Waals surface area (Å²) in [6.45, 7) is 0. The number of benzene rings is 1. The Labute approximate surface area is 104 Å². The van der Waals surface area contributed by atoms with Gasteiger partial charge in [0.15, 0.2) is 0 Å². The molecule has 0 amide bonds. The number of hydrogen-bond donors (Lipinski definition) is 0. The maximum absolute atomic E-state index is 12.4. The lowest BCUT2D eigenvalue weighted by atomic mass is 10.0. The summed E-state index contributed by atoms with van der Waals surface area (Å²) < 4.78 is 0. The molecule has 0 saturated carbocycles. The Morgan fingerprint density at radius 3 is 2.65 bits per heavy atom. The first kappa shape index (κ1) is 10.5. The highest BCUT2D eigenvalue weighted by atomic mass is 35.5. The Kier molecular flexibility index (Phi) is 2.45. The maximum atomic E-state index is 12.4. The molecule has 1 aliphatic carbocycles. The molecular weight excluding hydrogens is 234 g/mol. The number of carbonyl (C=O) groups is 1. The molecule has 0 spiro atoms. The zero-order valence-electron chi connectivity index (χ0n) is 9.11. The molecule has 0 N–H and O–H groups in total. The molecule has 0 atom stereocenters. The molecule has 1 heterocycles. The first-order valence-corrected chi connectivity index (χ1v) is 5.91. The number of halogens is 1. The number of pyridine rings is 1. The third-order valence-electron chi connectivity index (χ3n) is 3.09. The van der Waals surface area contributed by atoms with Gasteiger partial charge in [-0.05, 0) is 30.0 Å². The summed E-state index contributed by atoms with van der Waals surface area (Å²) in [7, 11) is 0. The molecule has 0 radical (unpaired) electrons. The van der Waals surface area contributed by atoms with Crippen molar-refractivity contribution in [3.63, 3.8) is 0 Å². The molecule has 1 aromatic heterocycles. The van der Waals surface area contributed by atoms with E-state index in [-0.39, 0.29) is 5.78 Å². The van der Waals surface area contributed by atoms with Crippen LogP contribution >= 0.6 is 11.6 Å². The van der Waals surface area contributed by atoms with E-state index in [4.69, 9.17) is 11.6 Å². The minimum Gasteiger partial charge on any atom is -0.287 e. The summed E-state index contributed by atoms with van der Waals surface area (Å²) in [5.74, 6) is -0.0180. The van der Waals surface area contributed by atoms with E-state index < -0.39 is 0 Å². The molecule has 0 bridgehead atoms. The lowest BCUT2D eigenvalue weighted by Crippen LogP contribution is -2.06. The van der Waals surface area contributed by atoms with E-state index in [1.165, 1.54) is 0 Å². The largest absolute Gasteiger partial charge is 0.287 e. The first-order valence-electron chi connectivity index (χ1n) is 5.54. The van der Waals surface area contributed by atoms with Gasteiger partial charge in [0, 0.05) is 5.56 Å². The van der Waals surface area contributed by atoms with Crippen molar-refractivity contribution in [3.05, 3.63) is 63.9 Å². The minimum absolute atomic E-state index is 0.0180. The van der Waals surface area contributed by atoms with Crippen LogP contribution in [0.15, 0.2) is 36.4 Å². The highest BCUT2D eigenvalue weighted by Gasteiger charge is 2.22. The number of nitrogens with zero attached hydrogens (tertiary/aromatic N) is 1. The zero-order chi connectivity index (χ0) is 11.8. The molecule has 0 aliphatic heterocycles. The second-order valence-corrected chi connectivity index (χ2v) is 4.52. The van der Waals surface area contributed by atoms with Gasteiger partial charge in [0.2, 0.25) is 5.78 Å². The highest BCUT2D eigenvalue weighted by Crippen LogP contribution is 2.24. The van der Waals surface area contributed by atoms with Crippen LogP contribution < -0.4 is 0 Å². The summed E-state index contributed by atoms with van der Waals surface area (Å²) in [6.07, 6.45) is 1.71. The zero-order valence-corrected chi connectivity index (χ0v) is 9.87. The second-order valence-electron chi connectivity index (χ2n) is 4.13. The van der Waals surface area contributed by atoms with Gasteiger partial charge in [-0.1, -0.05) is 41.9 Å². The van der Waals surface area contributed by atoms with E-state index in [9.17, 15) is 4.79 Å². The van der Waals surface area contributed by atoms with E-state index in [0.717, 1.165) is 29.5 Å². The number of aromatic nitrogens is 1. The molecule has 0 saturated heterocycles. The van der Waals surface area contributed by atoms with Crippen LogP contribution in [0.2, 0.25) is 5.15 Å². The van der Waals surface area contributed by atoms with E-state index in [1.54, 1.807) is 6.07 Å². The standard InChI is InChI=1S/C14H10ClNO/c15-12-8-7-10-6-5-9-3-1-2-4-11(9)14(17)13(10)16-12/h1-4,7-8H,5-6H2. The Balaban J connectivity index is 2.22. The molecule has 3 rings (SSSR count). The monoisotopic (exact) mass is 243 g/mol. The number of aryl methyl sites for hydroxylation is 2. The molecule has 0 fully saturated rings. The SMILES string of the molecule is O=C1c2ccccc2CCc2ccc(Cl)nc21. The Morgan fingerprint density at radius 2 is 1.76 bits per heavy atom. The molecule has 1 aromatic carbocycles. The van der Waals surface area contributed by atoms with Crippen LogP contribution in [0.5, 0.6) is 0 Å². The molecule has 0 unspecified atom stereocenters. The fraction of sp³-hybridized carbons (Fsp3) is 0.143. The van der Waals surface area contributed by atoms with E-state index in [1.807, 2.05) is 30.3 Å². The van der Waals surface area contributed by atoms with Crippen LogP contribution in [-0.2, 0) is 12.8 Å². The van der Waals surface area contributed by atoms with Gasteiger partial charge in [-0.25, -0.2) is 4.98 Å². The quantitative estimate of drug-likeness (QED) is 0.666. The van der Waals surface area contributed by atoms with Crippen LogP contribution in [0.1, 0.15) is 27.2 Å². The van der Waals surface area contributed by atoms with Crippen molar-refractivity contribution in [2.45, 2.75) is 12.8 Å². The van der Waals surface area contributed by atoms with Gasteiger partial charge in [-0.3, -0.25) is 4.79 Å². The number of carbonyl (C=O) groups excluding carboxylic acids is 1. The molecule has 2 nitrogen and oxygen atoms in total. The van der Waals surface area contributed by atoms with Crippen LogP contribution in [0.4, 0.5) is 0 Å². The Hall–Kier alpha value is -1.67. The van der Waals surface area contributed by atoms with Gasteiger partial charge < -0.3 is 0 Å². The van der Waals surface area contributed by atoms with Gasteiger partial charge in [-0.15, -0.1) is 0 Å². The minimum atomic E-state index is -0.0180. The van der Waals surface area contributed by atoms with Gasteiger partial charge >= 0.3 is 0 Å². The Bertz CT molecular complexity index is 607. The summed E-state index contributed by atoms with van der Waals surface area (Å²) in [6, 6.07) is 11.3. The molecule has 84 valence electrons. The van der Waals surface area contributed by atoms with E-state index in [2.05, 4.69) is 4.98 Å². The van der Waals surface area contributed by atoms with Crippen LogP contribution in [0, 0.1) is 0 Å². The molecule has 3 heteroatoms. The van der Waals surface area contributed by atoms with Crippen molar-refractivity contribution >= 4 is 17.4 Å². The lowest BCUT2D eigenvalue weighted by molar-refractivity contribution is 0.103. The summed E-state index contributed by atoms with van der Waals surface area (Å²) in [5.41, 5.74) is 3.32. The van der Waals surface area contributed by atoms with Gasteiger partial charge in [0.05, 0.1) is 0 Å². The number of fused-ring (bicyclic) bond motifs is 2. The summed E-state index contributed by atoms with van der Waals surface area (Å²) in [4.78, 5) is 16.5. The smallest absolute Gasteiger partial charge is 0.211 e. The van der Waals surface area contributed by atoms with Crippen molar-refractivity contribution in [1.82, 2.24) is 4.98 Å². The fourth-order valence-electron chi connectivity index (χ4n) is 2.22. The van der Waals surface area contributed by atoms with E-state index >= 15 is 0 Å². The van der Waals surface area contributed by atoms with E-state index in [0.29, 0.717) is 10.8 Å². The average molecular weight is 244 g/mol. The van der Waals surface area contributed by atoms with Gasteiger partial charge in [0.1, 0.15) is 10.8 Å². The second kappa shape index (κ2) is 3.97. The number of rotatable bonds is 0. The summed E-state index contributed by atoms with van der Waals surface area (Å²) in [5, 5.41) is 0.372. The lowest BCUT2D eigenvalue weighted by Gasteiger charge is -2.03. The van der Waals surface area contributed by atoms with Crippen LogP contribution in [0.3, 0.4) is 0 Å². The van der Waals surface area contributed by atoms with Gasteiger partial charge in [0.25, 0.3) is 0 Å². The third-order valence-corrected chi connectivity index (χ3v) is 3.30. The average Bonchev–Trinajstić information content (AvgIpc) is 2.49. The predicted octanol–water partition coefficient (Wildman–Crippen LogP) is 3.06. The molecular formula is C14H10ClNO. The van der Waals surface area contributed by atoms with Crippen molar-refractivity contribution in [3.8, 4) is 0 Å². The van der Waals surface area contributed by atoms with Crippen molar-refractivity contribution < 1.29 is 4.79 Å². The Morgan fingerprint density at radius 1 is 1.00 bits per heavy atom. The number of hydrogen-bond acceptors (Lipinski definition) is 2. The topological polar surface area (TPSA) is 30.0 Å². The molecule has 17 heavy (non-hydrogen) atoms. The van der Waals surface area contributed by atoms with Crippen molar-refractivity contribution in [2.75, 3.05) is 0 Å². The van der Waals surface area contributed by atoms with Crippen molar-refractivity contribution in [2.24, 2.45) is 0 Å². The number of ketones is 1. The summed E-state index contributed by atoms with van der Waals surface area (Å²) >= 11 is 5.86. The van der Waals surface area contributed by atoms with Crippen LogP contribution in [0.25, 0.3) is 0 Å².